The van der Waals surface area contributed by atoms with Gasteiger partial charge in [-0.1, -0.05) is 66.7 Å². The van der Waals surface area contributed by atoms with Gasteiger partial charge in [0.2, 0.25) is 0 Å². The van der Waals surface area contributed by atoms with Crippen molar-refractivity contribution in [3.8, 4) is 11.4 Å². The van der Waals surface area contributed by atoms with Crippen molar-refractivity contribution in [2.45, 2.75) is 62.7 Å². The van der Waals surface area contributed by atoms with Gasteiger partial charge in [0.25, 0.3) is 11.5 Å². The number of nitrogens with zero attached hydrogens (tertiary/aromatic N) is 5. The van der Waals surface area contributed by atoms with Crippen LogP contribution in [0, 0.1) is 5.92 Å². The molecule has 1 saturated heterocycles. The molecule has 278 valence electrons. The third kappa shape index (κ3) is 5.97. The number of carbonyl (C=O) groups excluding carboxylic acids is 1. The van der Waals surface area contributed by atoms with Crippen LogP contribution in [0.25, 0.3) is 16.6 Å². The first kappa shape index (κ1) is 35.7. The smallest absolute Gasteiger partial charge is 0.279 e. The van der Waals surface area contributed by atoms with E-state index in [1.54, 1.807) is 22.8 Å². The molecule has 1 spiro atoms. The van der Waals surface area contributed by atoms with Crippen molar-refractivity contribution >= 4 is 30.8 Å². The highest BCUT2D eigenvalue weighted by Crippen LogP contribution is 2.60. The van der Waals surface area contributed by atoms with Crippen LogP contribution >= 0.6 is 0 Å². The first-order chi connectivity index (χ1) is 26.0. The number of methoxy groups -OCH3 is 1. The minimum atomic E-state index is -2.91. The molecule has 12 nitrogen and oxygen atoms in total. The maximum Gasteiger partial charge on any atom is 0.279 e. The molecule has 2 aliphatic rings. The van der Waals surface area contributed by atoms with Crippen molar-refractivity contribution in [3.05, 3.63) is 136 Å². The number of aliphatic hydroxyl groups excluding tert-OH is 1. The van der Waals surface area contributed by atoms with E-state index in [1.165, 1.54) is 4.68 Å². The van der Waals surface area contributed by atoms with Crippen LogP contribution < -0.4 is 15.2 Å². The van der Waals surface area contributed by atoms with Gasteiger partial charge >= 0.3 is 0 Å². The molecule has 4 aromatic carbocycles. The molecule has 4 heterocycles. The Hall–Kier alpha value is -5.34. The van der Waals surface area contributed by atoms with E-state index >= 15 is 0 Å². The Morgan fingerprint density at radius 1 is 1.00 bits per heavy atom. The topological polar surface area (TPSA) is 148 Å². The van der Waals surface area contributed by atoms with Gasteiger partial charge in [-0.3, -0.25) is 19.4 Å². The van der Waals surface area contributed by atoms with Crippen molar-refractivity contribution in [1.82, 2.24) is 24.8 Å². The molecule has 0 aliphatic carbocycles. The van der Waals surface area contributed by atoms with E-state index in [1.807, 2.05) is 117 Å². The highest BCUT2D eigenvalue weighted by Gasteiger charge is 2.66. The average Bonchev–Trinajstić information content (AvgIpc) is 3.92. The molecule has 0 saturated carbocycles. The maximum atomic E-state index is 15.0. The fraction of sp³-hybridized carbons (Fsp3) is 0.317. The first-order valence-corrected chi connectivity index (χ1v) is 21.3. The number of ether oxygens (including phenoxy) is 2. The van der Waals surface area contributed by atoms with Crippen molar-refractivity contribution in [1.29, 1.82) is 0 Å². The number of fused-ring (bicyclic) bond motifs is 3. The number of aromatic nitrogens is 5. The van der Waals surface area contributed by atoms with E-state index in [2.05, 4.69) is 15.4 Å². The highest BCUT2D eigenvalue weighted by atomic mass is 28.4. The number of benzene rings is 4. The van der Waals surface area contributed by atoms with Gasteiger partial charge in [0.05, 0.1) is 60.3 Å². The van der Waals surface area contributed by atoms with Crippen molar-refractivity contribution < 1.29 is 24.2 Å². The Balaban J connectivity index is 1.08. The monoisotopic (exact) mass is 744 g/mol. The zero-order valence-corrected chi connectivity index (χ0v) is 31.7. The van der Waals surface area contributed by atoms with E-state index in [9.17, 15) is 19.5 Å². The summed E-state index contributed by atoms with van der Waals surface area (Å²) in [4.78, 5) is 41.6. The Labute approximate surface area is 313 Å². The molecule has 8 rings (SSSR count). The molecule has 1 unspecified atom stereocenters. The van der Waals surface area contributed by atoms with E-state index in [4.69, 9.17) is 9.47 Å². The zero-order chi connectivity index (χ0) is 37.8. The van der Waals surface area contributed by atoms with Crippen LogP contribution in [0.5, 0.6) is 5.75 Å². The minimum Gasteiger partial charge on any atom is -0.497 e. The number of rotatable bonds is 11. The Morgan fingerprint density at radius 2 is 1.74 bits per heavy atom. The first-order valence-electron chi connectivity index (χ1n) is 18.3. The second kappa shape index (κ2) is 13.8. The summed E-state index contributed by atoms with van der Waals surface area (Å²) < 4.78 is 16.0. The van der Waals surface area contributed by atoms with E-state index in [0.29, 0.717) is 35.5 Å². The van der Waals surface area contributed by atoms with Gasteiger partial charge in [0.1, 0.15) is 5.75 Å². The van der Waals surface area contributed by atoms with Crippen LogP contribution in [-0.4, -0.2) is 68.7 Å². The van der Waals surface area contributed by atoms with Crippen LogP contribution in [-0.2, 0) is 28.2 Å². The van der Waals surface area contributed by atoms with Crippen LogP contribution in [0.15, 0.2) is 108 Å². The lowest BCUT2D eigenvalue weighted by Gasteiger charge is -2.32. The number of aliphatic hydroxyl groups is 1. The Bertz CT molecular complexity index is 2370. The molecule has 2 aliphatic heterocycles. The van der Waals surface area contributed by atoms with Crippen LogP contribution in [0.4, 0.5) is 5.69 Å². The van der Waals surface area contributed by atoms with Crippen LogP contribution in [0.1, 0.15) is 41.6 Å². The van der Waals surface area contributed by atoms with Gasteiger partial charge < -0.3 is 24.3 Å². The summed E-state index contributed by atoms with van der Waals surface area (Å²) in [6.07, 6.45) is 1.90. The third-order valence-corrected chi connectivity index (χ3v) is 13.8. The lowest BCUT2D eigenvalue weighted by Crippen LogP contribution is -2.46. The second-order valence-electron chi connectivity index (χ2n) is 14.9. The quantitative estimate of drug-likeness (QED) is 0.148. The predicted octanol–water partition coefficient (Wildman–Crippen LogP) is 5.48. The number of aryl methyl sites for hydroxylation is 1. The number of hydrogen-bond acceptors (Lipinski definition) is 8. The summed E-state index contributed by atoms with van der Waals surface area (Å²) >= 11 is 0. The summed E-state index contributed by atoms with van der Waals surface area (Å²) in [6, 6.07) is 30.4. The number of hydrogen-bond donors (Lipinski definition) is 3. The SMILES string of the molecule is COc1ccc2c(c1)[C@@]1(O[C@H](CCn3cc(C(CO)c4ccccc4)nn3)[C@@H]([Si](C)(C)O)[C@@H]1C)C(=O)N2Cc1ccc(-n2[nH]c3ccccc3c2=O)cc1. The summed E-state index contributed by atoms with van der Waals surface area (Å²) in [5.74, 6) is -0.225. The number of para-hydroxylation sites is 1. The minimum absolute atomic E-state index is 0.101. The number of aromatic amines is 1. The molecular formula is C41H44N6O6Si. The Morgan fingerprint density at radius 3 is 2.44 bits per heavy atom. The molecule has 1 amide bonds. The fourth-order valence-corrected chi connectivity index (χ4v) is 11.3. The average molecular weight is 745 g/mol. The van der Waals surface area contributed by atoms with E-state index in [0.717, 1.165) is 27.9 Å². The molecule has 2 aromatic heterocycles. The Kier molecular flexibility index (Phi) is 9.13. The van der Waals surface area contributed by atoms with E-state index in [-0.39, 0.29) is 42.0 Å². The number of amides is 1. The van der Waals surface area contributed by atoms with Crippen molar-refractivity contribution in [2.24, 2.45) is 5.92 Å². The number of anilines is 1. The van der Waals surface area contributed by atoms with Gasteiger partial charge in [-0.15, -0.1) is 5.10 Å². The van der Waals surface area contributed by atoms with Gasteiger partial charge in [-0.05, 0) is 73.1 Å². The molecule has 6 aromatic rings. The van der Waals surface area contributed by atoms with Crippen LogP contribution in [0.3, 0.4) is 0 Å². The zero-order valence-electron chi connectivity index (χ0n) is 30.7. The van der Waals surface area contributed by atoms with Gasteiger partial charge in [0.15, 0.2) is 13.9 Å². The predicted molar refractivity (Wildman–Crippen MR) is 207 cm³/mol. The van der Waals surface area contributed by atoms with E-state index < -0.39 is 20.0 Å². The highest BCUT2D eigenvalue weighted by molar-refractivity contribution is 6.71. The number of H-pyrrole nitrogens is 1. The molecule has 13 heteroatoms. The standard InChI is InChI=1S/C41H44N6O6Si/c1-26-38(54(3,4)51)37(20-21-45-24-35(42-44-45)32(25-48)28-10-6-5-7-11-28)53-41(26)33-22-30(52-2)18-19-36(33)46(40(41)50)23-27-14-16-29(17-15-27)47-39(49)31-12-8-9-13-34(31)43-47/h5-19,22,24,26,32,37-38,43,48,51H,20-21,23,25H2,1-4H3/t26-,32?,37+,38-,41+/m0/s1. The molecule has 54 heavy (non-hydrogen) atoms. The summed E-state index contributed by atoms with van der Waals surface area (Å²) in [7, 11) is -1.31. The van der Waals surface area contributed by atoms with Crippen molar-refractivity contribution in [2.75, 3.05) is 18.6 Å². The largest absolute Gasteiger partial charge is 0.497 e. The molecule has 1 fully saturated rings. The van der Waals surface area contributed by atoms with Gasteiger partial charge in [0, 0.05) is 29.8 Å². The maximum absolute atomic E-state index is 15.0. The van der Waals surface area contributed by atoms with Gasteiger partial charge in [-0.2, -0.15) is 0 Å². The molecule has 5 atom stereocenters. The third-order valence-electron chi connectivity index (χ3n) is 11.3. The summed E-state index contributed by atoms with van der Waals surface area (Å²) in [6.45, 7) is 6.47. The lowest BCUT2D eigenvalue weighted by molar-refractivity contribution is -0.146. The van der Waals surface area contributed by atoms with Crippen molar-refractivity contribution in [3.63, 3.8) is 0 Å². The lowest BCUT2D eigenvalue weighted by atomic mass is 9.82. The van der Waals surface area contributed by atoms with Gasteiger partial charge in [-0.25, -0.2) is 4.68 Å². The summed E-state index contributed by atoms with van der Waals surface area (Å²) in [5, 5.41) is 22.7. The molecule has 0 bridgehead atoms. The summed E-state index contributed by atoms with van der Waals surface area (Å²) in [5.41, 5.74) is 3.66. The second-order valence-corrected chi connectivity index (χ2v) is 18.9. The molecule has 3 N–H and O–H groups in total. The normalized spacial score (nSPS) is 21.6. The number of carbonyl (C=O) groups is 1. The van der Waals surface area contributed by atoms with Crippen LogP contribution in [0.2, 0.25) is 18.6 Å². The molecule has 0 radical (unpaired) electrons. The molecular weight excluding hydrogens is 701 g/mol. The number of nitrogens with one attached hydrogen (secondary N) is 1. The fourth-order valence-electron chi connectivity index (χ4n) is 8.68.